The summed E-state index contributed by atoms with van der Waals surface area (Å²) in [6.45, 7) is 10.4. The van der Waals surface area contributed by atoms with Gasteiger partial charge in [-0.25, -0.2) is 0 Å². The lowest BCUT2D eigenvalue weighted by Crippen LogP contribution is -2.26. The van der Waals surface area contributed by atoms with Gasteiger partial charge in [-0.3, -0.25) is 19.2 Å². The van der Waals surface area contributed by atoms with E-state index in [-0.39, 0.29) is 35.8 Å². The molecule has 0 fully saturated rings. The predicted molar refractivity (Wildman–Crippen MR) is 104 cm³/mol. The highest BCUT2D eigenvalue weighted by atomic mass is 16.3. The Morgan fingerprint density at radius 3 is 1.67 bits per heavy atom. The predicted octanol–water partition coefficient (Wildman–Crippen LogP) is 3.28. The summed E-state index contributed by atoms with van der Waals surface area (Å²) < 4.78 is 0. The minimum atomic E-state index is -0.627. The number of phenolic OH excluding ortho intramolecular Hbond substituents is 1. The molecule has 0 atom stereocenters. The highest BCUT2D eigenvalue weighted by Gasteiger charge is 2.25. The number of phenols is 1. The number of ketones is 2. The van der Waals surface area contributed by atoms with Crippen LogP contribution in [0.2, 0.25) is 0 Å². The molecule has 0 saturated carbocycles. The van der Waals surface area contributed by atoms with Gasteiger partial charge < -0.3 is 15.7 Å². The van der Waals surface area contributed by atoms with Gasteiger partial charge in [-0.1, -0.05) is 41.5 Å². The van der Waals surface area contributed by atoms with Gasteiger partial charge in [0.25, 0.3) is 0 Å². The van der Waals surface area contributed by atoms with Gasteiger partial charge >= 0.3 is 0 Å². The SMILES string of the molecule is CC(C)(C)C(=O)CC(=O)Nc1ccc(NC(=O)CC(=O)C(C)(C)C)c(O)c1. The van der Waals surface area contributed by atoms with Crippen LogP contribution >= 0.6 is 0 Å². The molecule has 0 heterocycles. The van der Waals surface area contributed by atoms with Crippen molar-refractivity contribution in [1.29, 1.82) is 0 Å². The van der Waals surface area contributed by atoms with Gasteiger partial charge in [0.2, 0.25) is 11.8 Å². The number of nitrogens with one attached hydrogen (secondary N) is 2. The fourth-order valence-corrected chi connectivity index (χ4v) is 1.94. The minimum absolute atomic E-state index is 0.130. The first-order chi connectivity index (χ1) is 12.2. The lowest BCUT2D eigenvalue weighted by atomic mass is 9.89. The van der Waals surface area contributed by atoms with Crippen molar-refractivity contribution in [3.63, 3.8) is 0 Å². The molecule has 7 heteroatoms. The molecule has 27 heavy (non-hydrogen) atoms. The Kier molecular flexibility index (Phi) is 6.89. The van der Waals surface area contributed by atoms with E-state index < -0.39 is 22.6 Å². The smallest absolute Gasteiger partial charge is 0.231 e. The summed E-state index contributed by atoms with van der Waals surface area (Å²) >= 11 is 0. The minimum Gasteiger partial charge on any atom is -0.506 e. The Morgan fingerprint density at radius 1 is 0.815 bits per heavy atom. The average Bonchev–Trinajstić information content (AvgIpc) is 2.47. The van der Waals surface area contributed by atoms with Crippen LogP contribution in [0.1, 0.15) is 54.4 Å². The van der Waals surface area contributed by atoms with Gasteiger partial charge in [-0.15, -0.1) is 0 Å². The first-order valence-electron chi connectivity index (χ1n) is 8.69. The van der Waals surface area contributed by atoms with E-state index in [0.717, 1.165) is 0 Å². The number of carbonyl (C=O) groups excluding carboxylic acids is 4. The number of hydrogen-bond donors (Lipinski definition) is 3. The van der Waals surface area contributed by atoms with Gasteiger partial charge in [-0.2, -0.15) is 0 Å². The number of benzene rings is 1. The van der Waals surface area contributed by atoms with Crippen molar-refractivity contribution in [2.75, 3.05) is 10.6 Å². The molecule has 0 spiro atoms. The zero-order chi connectivity index (χ0) is 21.0. The van der Waals surface area contributed by atoms with Crippen LogP contribution in [0.5, 0.6) is 5.75 Å². The molecular weight excluding hydrogens is 348 g/mol. The van der Waals surface area contributed by atoms with Gasteiger partial charge in [0, 0.05) is 22.6 Å². The number of rotatable bonds is 6. The van der Waals surface area contributed by atoms with E-state index in [4.69, 9.17) is 0 Å². The quantitative estimate of drug-likeness (QED) is 0.521. The highest BCUT2D eigenvalue weighted by molar-refractivity contribution is 6.07. The fourth-order valence-electron chi connectivity index (χ4n) is 1.94. The number of anilines is 2. The monoisotopic (exact) mass is 376 g/mol. The van der Waals surface area contributed by atoms with E-state index in [9.17, 15) is 24.3 Å². The summed E-state index contributed by atoms with van der Waals surface area (Å²) in [6.07, 6.45) is -0.562. The number of Topliss-reactive ketones (excluding diaryl/α,β-unsaturated/α-hetero) is 2. The second kappa shape index (κ2) is 8.33. The zero-order valence-corrected chi connectivity index (χ0v) is 16.7. The van der Waals surface area contributed by atoms with Crippen LogP contribution in [0, 0.1) is 10.8 Å². The maximum atomic E-state index is 11.9. The second-order valence-electron chi connectivity index (χ2n) is 8.53. The van der Waals surface area contributed by atoms with E-state index in [0.29, 0.717) is 5.69 Å². The van der Waals surface area contributed by atoms with Crippen LogP contribution in [0.15, 0.2) is 18.2 Å². The molecule has 0 bridgehead atoms. The second-order valence-corrected chi connectivity index (χ2v) is 8.53. The molecule has 0 saturated heterocycles. The van der Waals surface area contributed by atoms with E-state index in [1.165, 1.54) is 18.2 Å². The molecule has 1 aromatic rings. The van der Waals surface area contributed by atoms with E-state index >= 15 is 0 Å². The largest absolute Gasteiger partial charge is 0.506 e. The lowest BCUT2D eigenvalue weighted by molar-refractivity contribution is -0.132. The molecule has 2 amide bonds. The highest BCUT2D eigenvalue weighted by Crippen LogP contribution is 2.27. The Labute approximate surface area is 159 Å². The van der Waals surface area contributed by atoms with Crippen LogP contribution < -0.4 is 10.6 Å². The number of carbonyl (C=O) groups is 4. The Bertz CT molecular complexity index is 755. The fraction of sp³-hybridized carbons (Fsp3) is 0.500. The van der Waals surface area contributed by atoms with Crippen molar-refractivity contribution in [2.45, 2.75) is 54.4 Å². The molecule has 148 valence electrons. The number of aromatic hydroxyl groups is 1. The summed E-state index contributed by atoms with van der Waals surface area (Å²) in [6, 6.07) is 4.16. The van der Waals surface area contributed by atoms with Gasteiger partial charge in [-0.05, 0) is 12.1 Å². The van der Waals surface area contributed by atoms with Crippen LogP contribution in [-0.4, -0.2) is 28.5 Å². The Hall–Kier alpha value is -2.70. The molecule has 7 nitrogen and oxygen atoms in total. The zero-order valence-electron chi connectivity index (χ0n) is 16.7. The summed E-state index contributed by atoms with van der Waals surface area (Å²) in [5, 5.41) is 15.0. The van der Waals surface area contributed by atoms with Crippen LogP contribution in [-0.2, 0) is 19.2 Å². The molecule has 1 aromatic carbocycles. The topological polar surface area (TPSA) is 113 Å². The third kappa shape index (κ3) is 7.21. The van der Waals surface area contributed by atoms with Crippen molar-refractivity contribution in [3.05, 3.63) is 18.2 Å². The molecule has 0 aliphatic carbocycles. The van der Waals surface area contributed by atoms with Crippen LogP contribution in [0.4, 0.5) is 11.4 Å². The van der Waals surface area contributed by atoms with Crippen molar-refractivity contribution in [2.24, 2.45) is 10.8 Å². The first kappa shape index (κ1) is 22.3. The molecule has 0 unspecified atom stereocenters. The van der Waals surface area contributed by atoms with Crippen LogP contribution in [0.25, 0.3) is 0 Å². The molecule has 0 aliphatic rings. The molecular formula is C20H28N2O5. The third-order valence-electron chi connectivity index (χ3n) is 3.87. The summed E-state index contributed by atoms with van der Waals surface area (Å²) in [7, 11) is 0. The molecule has 0 aromatic heterocycles. The summed E-state index contributed by atoms with van der Waals surface area (Å²) in [4.78, 5) is 47.7. The number of hydrogen-bond acceptors (Lipinski definition) is 5. The average molecular weight is 376 g/mol. The maximum absolute atomic E-state index is 11.9. The van der Waals surface area contributed by atoms with Crippen molar-refractivity contribution in [1.82, 2.24) is 0 Å². The molecule has 3 N–H and O–H groups in total. The van der Waals surface area contributed by atoms with Crippen molar-refractivity contribution >= 4 is 34.8 Å². The summed E-state index contributed by atoms with van der Waals surface area (Å²) in [5.74, 6) is -1.69. The van der Waals surface area contributed by atoms with Gasteiger partial charge in [0.05, 0.1) is 18.5 Å². The standard InChI is InChI=1S/C20H28N2O5/c1-19(2,3)15(24)10-17(26)21-12-7-8-13(14(23)9-12)22-18(27)11-16(25)20(4,5)6/h7-9,23H,10-11H2,1-6H3,(H,21,26)(H,22,27). The van der Waals surface area contributed by atoms with Crippen molar-refractivity contribution in [3.8, 4) is 5.75 Å². The number of amides is 2. The summed E-state index contributed by atoms with van der Waals surface area (Å²) in [5.41, 5.74) is -0.815. The van der Waals surface area contributed by atoms with Gasteiger partial charge in [0.1, 0.15) is 17.3 Å². The molecule has 1 rings (SSSR count). The first-order valence-corrected chi connectivity index (χ1v) is 8.69. The van der Waals surface area contributed by atoms with Crippen LogP contribution in [0.3, 0.4) is 0 Å². The van der Waals surface area contributed by atoms with Crippen molar-refractivity contribution < 1.29 is 24.3 Å². The normalized spacial score (nSPS) is 11.6. The molecule has 0 aliphatic heterocycles. The Morgan fingerprint density at radius 2 is 1.26 bits per heavy atom. The Balaban J connectivity index is 2.71. The van der Waals surface area contributed by atoms with E-state index in [1.54, 1.807) is 41.5 Å². The maximum Gasteiger partial charge on any atom is 0.231 e. The van der Waals surface area contributed by atoms with E-state index in [1.807, 2.05) is 0 Å². The lowest BCUT2D eigenvalue weighted by Gasteiger charge is -2.17. The van der Waals surface area contributed by atoms with Gasteiger partial charge in [0.15, 0.2) is 0 Å². The molecule has 0 radical (unpaired) electrons. The third-order valence-corrected chi connectivity index (χ3v) is 3.87. The van der Waals surface area contributed by atoms with E-state index in [2.05, 4.69) is 10.6 Å².